The van der Waals surface area contributed by atoms with Gasteiger partial charge in [0, 0.05) is 5.92 Å². The second-order valence-electron chi connectivity index (χ2n) is 3.68. The highest BCUT2D eigenvalue weighted by Crippen LogP contribution is 2.27. The fourth-order valence-corrected chi connectivity index (χ4v) is 1.98. The second kappa shape index (κ2) is 5.18. The molecular weight excluding hydrogens is 150 g/mol. The summed E-state index contributed by atoms with van der Waals surface area (Å²) in [4.78, 5) is 0. The van der Waals surface area contributed by atoms with Crippen LogP contribution in [0, 0.1) is 5.92 Å². The van der Waals surface area contributed by atoms with E-state index in [-0.39, 0.29) is 0 Å². The van der Waals surface area contributed by atoms with Crippen molar-refractivity contribution in [2.45, 2.75) is 51.9 Å². The molecule has 1 aliphatic rings. The molecule has 0 aliphatic heterocycles. The smallest absolute Gasteiger partial charge is 0.0601 e. The third kappa shape index (κ3) is 2.50. The fraction of sp³-hybridized carbons (Fsp3) is 0.900. The molecule has 0 heterocycles. The van der Waals surface area contributed by atoms with Gasteiger partial charge in [-0.3, -0.25) is 0 Å². The van der Waals surface area contributed by atoms with Crippen LogP contribution in [-0.2, 0) is 0 Å². The van der Waals surface area contributed by atoms with Crippen molar-refractivity contribution in [3.05, 3.63) is 0 Å². The minimum Gasteiger partial charge on any atom is -0.411 e. The zero-order valence-corrected chi connectivity index (χ0v) is 7.92. The molecule has 1 aliphatic carbocycles. The zero-order valence-electron chi connectivity index (χ0n) is 7.92. The van der Waals surface area contributed by atoms with Crippen molar-refractivity contribution in [3.63, 3.8) is 0 Å². The van der Waals surface area contributed by atoms with Crippen LogP contribution in [0.4, 0.5) is 0 Å². The summed E-state index contributed by atoms with van der Waals surface area (Å²) in [5, 5.41) is 12.0. The van der Waals surface area contributed by atoms with Gasteiger partial charge in [-0.05, 0) is 25.7 Å². The largest absolute Gasteiger partial charge is 0.411 e. The van der Waals surface area contributed by atoms with Gasteiger partial charge in [-0.25, -0.2) is 0 Å². The van der Waals surface area contributed by atoms with Crippen molar-refractivity contribution in [3.8, 4) is 0 Å². The van der Waals surface area contributed by atoms with Crippen LogP contribution >= 0.6 is 0 Å². The Kier molecular flexibility index (Phi) is 4.12. The third-order valence-electron chi connectivity index (χ3n) is 2.74. The molecule has 0 aromatic heterocycles. The van der Waals surface area contributed by atoms with E-state index in [9.17, 15) is 0 Å². The molecule has 1 N–H and O–H groups in total. The predicted molar refractivity (Wildman–Crippen MR) is 50.7 cm³/mol. The van der Waals surface area contributed by atoms with E-state index in [1.807, 2.05) is 0 Å². The Labute approximate surface area is 74.7 Å². The number of nitrogens with zero attached hydrogens (tertiary/aromatic N) is 1. The van der Waals surface area contributed by atoms with Crippen LogP contribution in [0.1, 0.15) is 51.9 Å². The summed E-state index contributed by atoms with van der Waals surface area (Å²) in [7, 11) is 0. The van der Waals surface area contributed by atoms with Gasteiger partial charge >= 0.3 is 0 Å². The number of hydrogen-bond donors (Lipinski definition) is 1. The van der Waals surface area contributed by atoms with Gasteiger partial charge in [0.1, 0.15) is 0 Å². The van der Waals surface area contributed by atoms with Crippen molar-refractivity contribution < 1.29 is 5.21 Å². The molecule has 1 saturated carbocycles. The van der Waals surface area contributed by atoms with E-state index in [0.717, 1.165) is 12.1 Å². The Morgan fingerprint density at radius 2 is 2.33 bits per heavy atom. The summed E-state index contributed by atoms with van der Waals surface area (Å²) < 4.78 is 0. The Hall–Kier alpha value is -0.530. The summed E-state index contributed by atoms with van der Waals surface area (Å²) in [6, 6.07) is 0. The lowest BCUT2D eigenvalue weighted by atomic mass is 9.99. The van der Waals surface area contributed by atoms with E-state index < -0.39 is 0 Å². The molecule has 0 saturated heterocycles. The molecule has 1 unspecified atom stereocenters. The maximum atomic E-state index is 8.68. The van der Waals surface area contributed by atoms with Gasteiger partial charge in [0.05, 0.1) is 5.71 Å². The minimum absolute atomic E-state index is 0.599. The fourth-order valence-electron chi connectivity index (χ4n) is 1.98. The third-order valence-corrected chi connectivity index (χ3v) is 2.74. The summed E-state index contributed by atoms with van der Waals surface area (Å²) in [6.07, 6.45) is 8.59. The Balaban J connectivity index is 2.22. The van der Waals surface area contributed by atoms with Crippen LogP contribution in [0.3, 0.4) is 0 Å². The first kappa shape index (κ1) is 9.56. The molecule has 0 radical (unpaired) electrons. The Morgan fingerprint density at radius 3 is 3.00 bits per heavy atom. The summed E-state index contributed by atoms with van der Waals surface area (Å²) in [5.74, 6) is 0.599. The Morgan fingerprint density at radius 1 is 1.50 bits per heavy atom. The van der Waals surface area contributed by atoms with E-state index in [1.165, 1.54) is 38.5 Å². The standard InChI is InChI=1S/C10H19NO/c1-2-3-4-6-9-7-5-8-10(9)11-12/h9,12H,2-8H2,1H3/b11-10-. The van der Waals surface area contributed by atoms with Gasteiger partial charge in [-0.2, -0.15) is 0 Å². The molecule has 0 bridgehead atoms. The van der Waals surface area contributed by atoms with Gasteiger partial charge in [-0.1, -0.05) is 31.3 Å². The zero-order chi connectivity index (χ0) is 8.81. The van der Waals surface area contributed by atoms with Crippen LogP contribution in [0.25, 0.3) is 0 Å². The van der Waals surface area contributed by atoms with Crippen LogP contribution in [0.5, 0.6) is 0 Å². The highest BCUT2D eigenvalue weighted by atomic mass is 16.4. The normalized spacial score (nSPS) is 26.8. The second-order valence-corrected chi connectivity index (χ2v) is 3.68. The summed E-state index contributed by atoms with van der Waals surface area (Å²) in [5.41, 5.74) is 1.05. The lowest BCUT2D eigenvalue weighted by molar-refractivity contribution is 0.314. The monoisotopic (exact) mass is 169 g/mol. The first-order valence-corrected chi connectivity index (χ1v) is 5.09. The lowest BCUT2D eigenvalue weighted by Gasteiger charge is -2.08. The molecular formula is C10H19NO. The number of unbranched alkanes of at least 4 members (excludes halogenated alkanes) is 2. The molecule has 1 rings (SSSR count). The lowest BCUT2D eigenvalue weighted by Crippen LogP contribution is -2.06. The molecule has 1 atom stereocenters. The first-order valence-electron chi connectivity index (χ1n) is 5.09. The van der Waals surface area contributed by atoms with Crippen LogP contribution < -0.4 is 0 Å². The topological polar surface area (TPSA) is 32.6 Å². The number of rotatable bonds is 4. The van der Waals surface area contributed by atoms with Gasteiger partial charge in [0.15, 0.2) is 0 Å². The van der Waals surface area contributed by atoms with Gasteiger partial charge in [-0.15, -0.1) is 0 Å². The maximum absolute atomic E-state index is 8.68. The van der Waals surface area contributed by atoms with Gasteiger partial charge in [0.2, 0.25) is 0 Å². The van der Waals surface area contributed by atoms with E-state index in [2.05, 4.69) is 12.1 Å². The molecule has 12 heavy (non-hydrogen) atoms. The molecule has 2 heteroatoms. The maximum Gasteiger partial charge on any atom is 0.0601 e. The van der Waals surface area contributed by atoms with Crippen LogP contribution in [0.2, 0.25) is 0 Å². The SMILES string of the molecule is CCCCCC1CCC/C1=N/O. The molecule has 0 aromatic carbocycles. The van der Waals surface area contributed by atoms with E-state index in [1.54, 1.807) is 0 Å². The van der Waals surface area contributed by atoms with Crippen LogP contribution in [0.15, 0.2) is 5.16 Å². The molecule has 0 spiro atoms. The average Bonchev–Trinajstić information content (AvgIpc) is 2.52. The van der Waals surface area contributed by atoms with E-state index >= 15 is 0 Å². The molecule has 2 nitrogen and oxygen atoms in total. The molecule has 70 valence electrons. The van der Waals surface area contributed by atoms with Gasteiger partial charge in [0.25, 0.3) is 0 Å². The Bertz CT molecular complexity index is 154. The first-order chi connectivity index (χ1) is 5.88. The highest BCUT2D eigenvalue weighted by molar-refractivity contribution is 5.87. The minimum atomic E-state index is 0.599. The molecule has 0 amide bonds. The number of oxime groups is 1. The van der Waals surface area contributed by atoms with Crippen molar-refractivity contribution >= 4 is 5.71 Å². The quantitative estimate of drug-likeness (QED) is 0.391. The van der Waals surface area contributed by atoms with Crippen molar-refractivity contribution in [1.29, 1.82) is 0 Å². The molecule has 1 fully saturated rings. The predicted octanol–water partition coefficient (Wildman–Crippen LogP) is 3.20. The summed E-state index contributed by atoms with van der Waals surface area (Å²) >= 11 is 0. The van der Waals surface area contributed by atoms with Gasteiger partial charge < -0.3 is 5.21 Å². The van der Waals surface area contributed by atoms with Crippen molar-refractivity contribution in [2.24, 2.45) is 11.1 Å². The van der Waals surface area contributed by atoms with Crippen molar-refractivity contribution in [1.82, 2.24) is 0 Å². The van der Waals surface area contributed by atoms with E-state index in [4.69, 9.17) is 5.21 Å². The highest BCUT2D eigenvalue weighted by Gasteiger charge is 2.21. The summed E-state index contributed by atoms with van der Waals surface area (Å²) in [6.45, 7) is 2.22. The van der Waals surface area contributed by atoms with Crippen LogP contribution in [-0.4, -0.2) is 10.9 Å². The average molecular weight is 169 g/mol. The molecule has 0 aromatic rings. The number of hydrogen-bond acceptors (Lipinski definition) is 2. The van der Waals surface area contributed by atoms with E-state index in [0.29, 0.717) is 5.92 Å². The van der Waals surface area contributed by atoms with Crippen molar-refractivity contribution in [2.75, 3.05) is 0 Å².